The molecule has 16 heavy (non-hydrogen) atoms. The third kappa shape index (κ3) is 2.63. The van der Waals surface area contributed by atoms with Crippen molar-refractivity contribution in [1.82, 2.24) is 0 Å². The highest BCUT2D eigenvalue weighted by molar-refractivity contribution is 5.99. The highest BCUT2D eigenvalue weighted by atomic mass is 15.2. The van der Waals surface area contributed by atoms with Crippen molar-refractivity contribution >= 4 is 11.5 Å². The Morgan fingerprint density at radius 2 is 1.81 bits per heavy atom. The van der Waals surface area contributed by atoms with Crippen molar-refractivity contribution < 1.29 is 0 Å². The van der Waals surface area contributed by atoms with E-state index in [2.05, 4.69) is 51.7 Å². The van der Waals surface area contributed by atoms with Crippen molar-refractivity contribution in [3.05, 3.63) is 29.8 Å². The lowest BCUT2D eigenvalue weighted by molar-refractivity contribution is 0.573. The Labute approximate surface area is 98.8 Å². The molecule has 0 unspecified atom stereocenters. The highest BCUT2D eigenvalue weighted by Crippen LogP contribution is 2.25. The van der Waals surface area contributed by atoms with Crippen molar-refractivity contribution in [2.24, 2.45) is 5.41 Å². The topological polar surface area (TPSA) is 27.1 Å². The number of benzene rings is 1. The van der Waals surface area contributed by atoms with E-state index in [9.17, 15) is 0 Å². The summed E-state index contributed by atoms with van der Waals surface area (Å²) < 4.78 is 0. The van der Waals surface area contributed by atoms with Crippen molar-refractivity contribution in [2.45, 2.75) is 34.6 Å². The zero-order valence-electron chi connectivity index (χ0n) is 11.0. The first-order valence-corrected chi connectivity index (χ1v) is 5.80. The Kier molecular flexibility index (Phi) is 3.74. The van der Waals surface area contributed by atoms with Crippen LogP contribution in [0.2, 0.25) is 0 Å². The van der Waals surface area contributed by atoms with E-state index < -0.39 is 0 Å². The molecule has 1 aromatic carbocycles. The number of rotatable bonds is 2. The van der Waals surface area contributed by atoms with Crippen molar-refractivity contribution in [3.8, 4) is 0 Å². The molecule has 2 heteroatoms. The second kappa shape index (κ2) is 4.69. The highest BCUT2D eigenvalue weighted by Gasteiger charge is 2.23. The summed E-state index contributed by atoms with van der Waals surface area (Å²) in [6.45, 7) is 11.3. The van der Waals surface area contributed by atoms with Crippen LogP contribution in [0.4, 0.5) is 5.69 Å². The minimum absolute atomic E-state index is 0.113. The fraction of sp³-hybridized carbons (Fsp3) is 0.500. The lowest BCUT2D eigenvalue weighted by Crippen LogP contribution is -2.39. The zero-order valence-corrected chi connectivity index (χ0v) is 11.0. The predicted octanol–water partition coefficient (Wildman–Crippen LogP) is 3.84. The molecule has 0 aliphatic heterocycles. The molecule has 88 valence electrons. The minimum Gasteiger partial charge on any atom is -0.330 e. The summed E-state index contributed by atoms with van der Waals surface area (Å²) in [4.78, 5) is 2.08. The molecule has 0 radical (unpaired) electrons. The van der Waals surface area contributed by atoms with Gasteiger partial charge in [-0.2, -0.15) is 0 Å². The van der Waals surface area contributed by atoms with E-state index in [0.29, 0.717) is 5.84 Å². The lowest BCUT2D eigenvalue weighted by atomic mass is 9.93. The Balaban J connectivity index is 3.09. The van der Waals surface area contributed by atoms with Crippen molar-refractivity contribution in [2.75, 3.05) is 11.4 Å². The lowest BCUT2D eigenvalue weighted by Gasteiger charge is -2.32. The normalized spacial score (nSPS) is 11.3. The standard InChI is InChI=1S/C14H22N2/c1-6-16(13(15)14(3,4)5)12-10-8-7-9-11(12)2/h7-10,15H,6H2,1-5H3. The van der Waals surface area contributed by atoms with Crippen LogP contribution in [0, 0.1) is 17.7 Å². The monoisotopic (exact) mass is 218 g/mol. The minimum atomic E-state index is -0.113. The first kappa shape index (κ1) is 12.8. The van der Waals surface area contributed by atoms with E-state index >= 15 is 0 Å². The zero-order chi connectivity index (χ0) is 12.3. The van der Waals surface area contributed by atoms with Crippen LogP contribution in [0.15, 0.2) is 24.3 Å². The van der Waals surface area contributed by atoms with Gasteiger partial charge in [0.1, 0.15) is 5.84 Å². The van der Waals surface area contributed by atoms with E-state index in [-0.39, 0.29) is 5.41 Å². The number of anilines is 1. The van der Waals surface area contributed by atoms with E-state index in [0.717, 1.165) is 12.2 Å². The van der Waals surface area contributed by atoms with Crippen molar-refractivity contribution in [3.63, 3.8) is 0 Å². The summed E-state index contributed by atoms with van der Waals surface area (Å²) in [5.74, 6) is 0.671. The number of hydrogen-bond acceptors (Lipinski definition) is 1. The van der Waals surface area contributed by atoms with Gasteiger partial charge in [-0.3, -0.25) is 5.41 Å². The maximum atomic E-state index is 8.26. The van der Waals surface area contributed by atoms with Gasteiger partial charge in [0.05, 0.1) is 0 Å². The fourth-order valence-corrected chi connectivity index (χ4v) is 1.72. The smallest absolute Gasteiger partial charge is 0.106 e. The average Bonchev–Trinajstić information content (AvgIpc) is 2.20. The molecular formula is C14H22N2. The SMILES string of the molecule is CCN(C(=N)C(C)(C)C)c1ccccc1C. The number of nitrogens with one attached hydrogen (secondary N) is 1. The number of amidine groups is 1. The van der Waals surface area contributed by atoms with Gasteiger partial charge in [0.15, 0.2) is 0 Å². The Bertz CT molecular complexity index is 375. The molecule has 0 bridgehead atoms. The molecule has 0 atom stereocenters. The third-order valence-corrected chi connectivity index (χ3v) is 2.70. The number of para-hydroxylation sites is 1. The molecule has 0 aliphatic carbocycles. The summed E-state index contributed by atoms with van der Waals surface area (Å²) in [6, 6.07) is 8.24. The molecule has 0 amide bonds. The van der Waals surface area contributed by atoms with Crippen LogP contribution < -0.4 is 4.90 Å². The Morgan fingerprint density at radius 3 is 2.25 bits per heavy atom. The molecule has 0 spiro atoms. The van der Waals surface area contributed by atoms with Crippen LogP contribution in [0.25, 0.3) is 0 Å². The van der Waals surface area contributed by atoms with Crippen LogP contribution in [0.5, 0.6) is 0 Å². The van der Waals surface area contributed by atoms with Crippen LogP contribution in [-0.2, 0) is 0 Å². The first-order valence-electron chi connectivity index (χ1n) is 5.80. The molecular weight excluding hydrogens is 196 g/mol. The number of hydrogen-bond donors (Lipinski definition) is 1. The summed E-state index contributed by atoms with van der Waals surface area (Å²) in [5.41, 5.74) is 2.25. The summed E-state index contributed by atoms with van der Waals surface area (Å²) >= 11 is 0. The number of aryl methyl sites for hydroxylation is 1. The molecule has 1 rings (SSSR count). The van der Waals surface area contributed by atoms with Crippen LogP contribution in [0.1, 0.15) is 33.3 Å². The quantitative estimate of drug-likeness (QED) is 0.592. The molecule has 0 saturated heterocycles. The molecule has 0 aromatic heterocycles. The van der Waals surface area contributed by atoms with Gasteiger partial charge in [0, 0.05) is 17.6 Å². The van der Waals surface area contributed by atoms with Crippen LogP contribution >= 0.6 is 0 Å². The Hall–Kier alpha value is -1.31. The van der Waals surface area contributed by atoms with Gasteiger partial charge in [-0.1, -0.05) is 39.0 Å². The molecule has 1 N–H and O–H groups in total. The van der Waals surface area contributed by atoms with Gasteiger partial charge >= 0.3 is 0 Å². The summed E-state index contributed by atoms with van der Waals surface area (Å²) in [7, 11) is 0. The molecule has 0 aliphatic rings. The maximum Gasteiger partial charge on any atom is 0.106 e. The van der Waals surface area contributed by atoms with E-state index in [1.165, 1.54) is 5.56 Å². The molecule has 0 saturated carbocycles. The van der Waals surface area contributed by atoms with Gasteiger partial charge < -0.3 is 4.90 Å². The van der Waals surface area contributed by atoms with Crippen LogP contribution in [-0.4, -0.2) is 12.4 Å². The predicted molar refractivity (Wildman–Crippen MR) is 71.4 cm³/mol. The van der Waals surface area contributed by atoms with Crippen LogP contribution in [0.3, 0.4) is 0 Å². The van der Waals surface area contributed by atoms with Gasteiger partial charge in [0.25, 0.3) is 0 Å². The number of nitrogens with zero attached hydrogens (tertiary/aromatic N) is 1. The van der Waals surface area contributed by atoms with E-state index in [1.54, 1.807) is 0 Å². The van der Waals surface area contributed by atoms with Gasteiger partial charge in [-0.15, -0.1) is 0 Å². The molecule has 1 aromatic rings. The first-order chi connectivity index (χ1) is 7.38. The van der Waals surface area contributed by atoms with Gasteiger partial charge in [-0.25, -0.2) is 0 Å². The third-order valence-electron chi connectivity index (χ3n) is 2.70. The molecule has 0 fully saturated rings. The maximum absolute atomic E-state index is 8.26. The summed E-state index contributed by atoms with van der Waals surface area (Å²) in [5, 5.41) is 8.26. The van der Waals surface area contributed by atoms with E-state index in [4.69, 9.17) is 5.41 Å². The molecule has 2 nitrogen and oxygen atoms in total. The second-order valence-electron chi connectivity index (χ2n) is 5.13. The molecule has 0 heterocycles. The second-order valence-corrected chi connectivity index (χ2v) is 5.13. The Morgan fingerprint density at radius 1 is 1.25 bits per heavy atom. The van der Waals surface area contributed by atoms with Gasteiger partial charge in [0.2, 0.25) is 0 Å². The fourth-order valence-electron chi connectivity index (χ4n) is 1.72. The van der Waals surface area contributed by atoms with Crippen molar-refractivity contribution in [1.29, 1.82) is 5.41 Å². The van der Waals surface area contributed by atoms with Gasteiger partial charge in [-0.05, 0) is 25.5 Å². The average molecular weight is 218 g/mol. The summed E-state index contributed by atoms with van der Waals surface area (Å²) in [6.07, 6.45) is 0. The van der Waals surface area contributed by atoms with E-state index in [1.807, 2.05) is 12.1 Å². The largest absolute Gasteiger partial charge is 0.330 e.